The summed E-state index contributed by atoms with van der Waals surface area (Å²) in [5.41, 5.74) is 11.5. The van der Waals surface area contributed by atoms with Gasteiger partial charge in [0.2, 0.25) is 0 Å². The van der Waals surface area contributed by atoms with Crippen molar-refractivity contribution in [3.05, 3.63) is 25.3 Å². The highest BCUT2D eigenvalue weighted by atomic mass is 32.7. The van der Waals surface area contributed by atoms with Crippen LogP contribution < -0.4 is 11.5 Å². The second kappa shape index (κ2) is 11.6. The van der Waals surface area contributed by atoms with Gasteiger partial charge < -0.3 is 30.8 Å². The molecule has 24 heteroatoms. The van der Waals surface area contributed by atoms with Crippen LogP contribution in [-0.2, 0) is 41.4 Å². The Morgan fingerprint density at radius 1 is 0.935 bits per heavy atom. The zero-order valence-electron chi connectivity index (χ0n) is 23.9. The highest BCUT2D eigenvalue weighted by molar-refractivity contribution is 8.44. The fourth-order valence-corrected chi connectivity index (χ4v) is 8.74. The minimum Gasteiger partial charge on any atom is -0.387 e. The molecule has 4 aromatic heterocycles. The van der Waals surface area contributed by atoms with Crippen LogP contribution in [0.5, 0.6) is 0 Å². The summed E-state index contributed by atoms with van der Waals surface area (Å²) in [4.78, 5) is 24.8. The smallest absolute Gasteiger partial charge is 0.386 e. The van der Waals surface area contributed by atoms with Gasteiger partial charge in [0, 0.05) is 7.11 Å². The summed E-state index contributed by atoms with van der Waals surface area (Å²) in [5.74, 6) is 0.243. The van der Waals surface area contributed by atoms with Crippen LogP contribution >= 0.6 is 38.1 Å². The molecule has 4 aromatic rings. The first-order chi connectivity index (χ1) is 21.8. The van der Waals surface area contributed by atoms with E-state index in [1.165, 1.54) is 41.6 Å². The Hall–Kier alpha value is -2.46. The molecule has 0 spiro atoms. The fraction of sp³-hybridized carbons (Fsp3) is 0.545. The molecule has 248 valence electrons. The Morgan fingerprint density at radius 2 is 1.52 bits per heavy atom. The van der Waals surface area contributed by atoms with Gasteiger partial charge in [-0.25, -0.2) is 39.0 Å². The van der Waals surface area contributed by atoms with E-state index in [0.29, 0.717) is 11.2 Å². The lowest BCUT2D eigenvalue weighted by Crippen LogP contribution is -2.46. The number of methoxy groups -OCH3 is 1. The number of hydrogen-bond acceptors (Lipinski definition) is 18. The Labute approximate surface area is 269 Å². The van der Waals surface area contributed by atoms with E-state index in [-0.39, 0.29) is 22.8 Å². The summed E-state index contributed by atoms with van der Waals surface area (Å²) in [6.07, 6.45) is -3.21. The molecule has 3 fully saturated rings. The van der Waals surface area contributed by atoms with Crippen LogP contribution in [0.3, 0.4) is 0 Å². The van der Waals surface area contributed by atoms with Crippen LogP contribution in [0, 0.1) is 0 Å². The number of thiol groups is 2. The molecule has 46 heavy (non-hydrogen) atoms. The largest absolute Gasteiger partial charge is 0.387 e. The zero-order valence-corrected chi connectivity index (χ0v) is 27.5. The van der Waals surface area contributed by atoms with Crippen LogP contribution in [-0.4, -0.2) is 101 Å². The third-order valence-electron chi connectivity index (χ3n) is 7.90. The molecular weight excluding hydrogens is 690 g/mol. The first kappa shape index (κ1) is 32.1. The predicted molar refractivity (Wildman–Crippen MR) is 164 cm³/mol. The van der Waals surface area contributed by atoms with E-state index >= 15 is 0 Å². The molecule has 10 atom stereocenters. The molecule has 0 radical (unpaired) electrons. The van der Waals surface area contributed by atoms with Gasteiger partial charge in [-0.2, -0.15) is 0 Å². The Balaban J connectivity index is 1.24. The van der Waals surface area contributed by atoms with Crippen molar-refractivity contribution in [3.8, 4) is 0 Å². The van der Waals surface area contributed by atoms with Gasteiger partial charge in [-0.15, -0.1) is 0 Å². The lowest BCUT2D eigenvalue weighted by atomic mass is 9.98. The molecule has 20 nitrogen and oxygen atoms in total. The topological polar surface area (TPSA) is 258 Å². The van der Waals surface area contributed by atoms with Crippen molar-refractivity contribution in [3.63, 3.8) is 0 Å². The maximum atomic E-state index is 13.8. The number of nitrogens with zero attached hydrogens (tertiary/aromatic N) is 8. The summed E-state index contributed by atoms with van der Waals surface area (Å²) in [5, 5.41) is 11.2. The summed E-state index contributed by atoms with van der Waals surface area (Å²) < 4.78 is 71.8. The van der Waals surface area contributed by atoms with E-state index in [4.69, 9.17) is 43.8 Å². The van der Waals surface area contributed by atoms with E-state index in [9.17, 15) is 14.2 Å². The van der Waals surface area contributed by atoms with Gasteiger partial charge in [-0.05, 0) is 6.92 Å². The summed E-state index contributed by atoms with van der Waals surface area (Å²) in [6, 6.07) is 0. The van der Waals surface area contributed by atoms with Crippen LogP contribution in [0.25, 0.3) is 22.3 Å². The summed E-state index contributed by atoms with van der Waals surface area (Å²) in [7, 11) is 1.39. The highest BCUT2D eigenvalue weighted by Crippen LogP contribution is 2.61. The zero-order chi connectivity index (χ0) is 32.6. The first-order valence-corrected chi connectivity index (χ1v) is 18.9. The van der Waals surface area contributed by atoms with Crippen molar-refractivity contribution in [2.24, 2.45) is 0 Å². The van der Waals surface area contributed by atoms with Crippen molar-refractivity contribution in [1.82, 2.24) is 39.0 Å². The minimum absolute atomic E-state index is 0.102. The van der Waals surface area contributed by atoms with Crippen molar-refractivity contribution in [1.29, 1.82) is 0 Å². The van der Waals surface area contributed by atoms with Crippen molar-refractivity contribution < 1.29 is 46.5 Å². The van der Waals surface area contributed by atoms with E-state index in [0.717, 1.165) is 0 Å². The monoisotopic (exact) mass is 718 g/mol. The highest BCUT2D eigenvalue weighted by Gasteiger charge is 2.59. The lowest BCUT2D eigenvalue weighted by Gasteiger charge is -2.33. The Bertz CT molecular complexity index is 1900. The quantitative estimate of drug-likeness (QED) is 0.148. The number of aromatic nitrogens is 8. The molecule has 3 saturated heterocycles. The van der Waals surface area contributed by atoms with Crippen LogP contribution in [0.15, 0.2) is 25.3 Å². The van der Waals surface area contributed by atoms with E-state index in [1.807, 2.05) is 0 Å². The standard InChI is InChI=1S/C22H28N10O10P2S2/c1-22-4-38-44(35,46)41-13-12(33)9(39-20(13)31-7-29-10-16(23)25-5-27-18(10)31)3-37-43(34,45)42-15(22)14(36-2)21(40-22)32-8-30-11-17(24)26-6-28-19(11)32/h5-9,12-15,20-21,33H,3-4H2,1-2H3,(H,34,45)(H,35,46)(H2,23,25,27)(H2,24,26,28)/t9-,12-,13-,14-,15+,20-,21-,22-,43-,44+/m1/s1. The predicted octanol–water partition coefficient (Wildman–Crippen LogP) is 1.28. The molecule has 2 bridgehead atoms. The summed E-state index contributed by atoms with van der Waals surface area (Å²) in [6.45, 7) is -8.01. The molecule has 3 aliphatic rings. The van der Waals surface area contributed by atoms with E-state index < -0.39 is 75.4 Å². The molecule has 0 aromatic carbocycles. The van der Waals surface area contributed by atoms with Crippen LogP contribution in [0.1, 0.15) is 19.4 Å². The molecule has 7 rings (SSSR count). The number of fused-ring (bicyclic) bond motifs is 5. The molecule has 0 saturated carbocycles. The third kappa shape index (κ3) is 5.49. The van der Waals surface area contributed by atoms with Gasteiger partial charge in [0.1, 0.15) is 59.8 Å². The number of nitrogens with two attached hydrogens (primary N) is 2. The number of aliphatic hydroxyl groups is 1. The SMILES string of the molecule is CO[C@H]1[C@H](n2cnc3c(N)ncnc32)O[C@]2(C)CO[P@](=O)(S)O[C@@H]3[C@H](O)[C@@H](CO[P@@](=O)(S)O[C@@H]12)O[C@H]3n1cnc2c(N)ncnc21. The molecule has 0 aliphatic carbocycles. The number of imidazole rings is 2. The Morgan fingerprint density at radius 3 is 2.13 bits per heavy atom. The second-order valence-corrected chi connectivity index (χ2v) is 16.6. The molecule has 3 aliphatic heterocycles. The van der Waals surface area contributed by atoms with Gasteiger partial charge >= 0.3 is 13.6 Å². The third-order valence-corrected chi connectivity index (χ3v) is 11.1. The van der Waals surface area contributed by atoms with Crippen LogP contribution in [0.4, 0.5) is 11.6 Å². The van der Waals surface area contributed by atoms with Crippen molar-refractivity contribution >= 4 is 72.1 Å². The van der Waals surface area contributed by atoms with E-state index in [1.54, 1.807) is 6.92 Å². The molecule has 5 N–H and O–H groups in total. The average Bonchev–Trinajstić information content (AvgIpc) is 3.76. The van der Waals surface area contributed by atoms with Gasteiger partial charge in [0.15, 0.2) is 35.4 Å². The van der Waals surface area contributed by atoms with Crippen LogP contribution in [0.2, 0.25) is 0 Å². The number of anilines is 2. The maximum absolute atomic E-state index is 13.8. The van der Waals surface area contributed by atoms with E-state index in [2.05, 4.69) is 54.4 Å². The van der Waals surface area contributed by atoms with Gasteiger partial charge in [0.25, 0.3) is 0 Å². The lowest BCUT2D eigenvalue weighted by molar-refractivity contribution is -0.112. The number of nitrogen functional groups attached to an aromatic ring is 2. The van der Waals surface area contributed by atoms with Gasteiger partial charge in [0.05, 0.1) is 25.9 Å². The molecule has 0 amide bonds. The number of aliphatic hydroxyl groups excluding tert-OH is 1. The fourth-order valence-electron chi connectivity index (χ4n) is 5.69. The first-order valence-electron chi connectivity index (χ1n) is 13.5. The van der Waals surface area contributed by atoms with Gasteiger partial charge in [-0.3, -0.25) is 27.2 Å². The average molecular weight is 719 g/mol. The molecular formula is C22H28N10O10P2S2. The summed E-state index contributed by atoms with van der Waals surface area (Å²) >= 11 is 8.39. The molecule has 0 unspecified atom stereocenters. The van der Waals surface area contributed by atoms with Crippen molar-refractivity contribution in [2.75, 3.05) is 31.8 Å². The Kier molecular flexibility index (Phi) is 8.10. The van der Waals surface area contributed by atoms with Crippen molar-refractivity contribution in [2.45, 2.75) is 55.5 Å². The number of rotatable bonds is 3. The minimum atomic E-state index is -4.32. The maximum Gasteiger partial charge on any atom is 0.386 e. The molecule has 7 heterocycles. The number of hydrogen-bond donors (Lipinski definition) is 5. The second-order valence-electron chi connectivity index (χ2n) is 10.8. The number of ether oxygens (including phenoxy) is 3. The normalized spacial score (nSPS) is 38.8. The van der Waals surface area contributed by atoms with Gasteiger partial charge in [-0.1, -0.05) is 24.5 Å².